The predicted molar refractivity (Wildman–Crippen MR) is 98.0 cm³/mol. The first-order chi connectivity index (χ1) is 12.6. The molecule has 1 aliphatic heterocycles. The number of carboxylic acids is 1. The maximum absolute atomic E-state index is 11.7. The molecule has 6 heteroatoms. The molecule has 0 saturated carbocycles. The van der Waals surface area contributed by atoms with Gasteiger partial charge in [-0.05, 0) is 29.8 Å². The number of fused-ring (bicyclic) bond motifs is 3. The first-order valence-electron chi connectivity index (χ1n) is 8.42. The third-order valence-corrected chi connectivity index (χ3v) is 4.96. The Kier molecular flexibility index (Phi) is 4.05. The number of methoxy groups -OCH3 is 2. The summed E-state index contributed by atoms with van der Waals surface area (Å²) >= 11 is 0. The molecule has 26 heavy (non-hydrogen) atoms. The Balaban J connectivity index is 1.93. The maximum Gasteiger partial charge on any atom is 0.321 e. The van der Waals surface area contributed by atoms with Gasteiger partial charge in [-0.1, -0.05) is 18.2 Å². The van der Waals surface area contributed by atoms with Crippen LogP contribution in [0.2, 0.25) is 0 Å². The van der Waals surface area contributed by atoms with Gasteiger partial charge in [-0.25, -0.2) is 0 Å². The Morgan fingerprint density at radius 3 is 2.69 bits per heavy atom. The lowest BCUT2D eigenvalue weighted by Gasteiger charge is -2.30. The largest absolute Gasteiger partial charge is 0.497 e. The minimum Gasteiger partial charge on any atom is -0.497 e. The van der Waals surface area contributed by atoms with Crippen LogP contribution in [0.5, 0.6) is 11.5 Å². The SMILES string of the molecule is COc1ccc(OC)c(C2NC(C(=O)O)Cc3c2[nH]c2ccccc32)c1. The van der Waals surface area contributed by atoms with Gasteiger partial charge in [0.15, 0.2) is 0 Å². The molecule has 0 spiro atoms. The van der Waals surface area contributed by atoms with Crippen LogP contribution < -0.4 is 14.8 Å². The van der Waals surface area contributed by atoms with Crippen molar-refractivity contribution in [3.05, 3.63) is 59.3 Å². The summed E-state index contributed by atoms with van der Waals surface area (Å²) in [5.74, 6) is 0.504. The van der Waals surface area contributed by atoms with E-state index in [1.54, 1.807) is 14.2 Å². The smallest absolute Gasteiger partial charge is 0.321 e. The summed E-state index contributed by atoms with van der Waals surface area (Å²) in [6.07, 6.45) is 0.428. The lowest BCUT2D eigenvalue weighted by molar-refractivity contribution is -0.139. The fourth-order valence-corrected chi connectivity index (χ4v) is 3.70. The van der Waals surface area contributed by atoms with Crippen LogP contribution in [0.4, 0.5) is 0 Å². The van der Waals surface area contributed by atoms with E-state index in [2.05, 4.69) is 10.3 Å². The zero-order valence-electron chi connectivity index (χ0n) is 14.6. The van der Waals surface area contributed by atoms with Gasteiger partial charge in [-0.15, -0.1) is 0 Å². The Hall–Kier alpha value is -2.99. The highest BCUT2D eigenvalue weighted by molar-refractivity contribution is 5.87. The van der Waals surface area contributed by atoms with Crippen molar-refractivity contribution >= 4 is 16.9 Å². The van der Waals surface area contributed by atoms with E-state index in [0.29, 0.717) is 17.9 Å². The number of nitrogens with one attached hydrogen (secondary N) is 2. The molecule has 1 aliphatic rings. The van der Waals surface area contributed by atoms with Gasteiger partial charge < -0.3 is 19.6 Å². The Labute approximate surface area is 150 Å². The van der Waals surface area contributed by atoms with E-state index in [1.807, 2.05) is 42.5 Å². The minimum atomic E-state index is -0.868. The number of ether oxygens (including phenoxy) is 2. The second-order valence-electron chi connectivity index (χ2n) is 6.37. The first kappa shape index (κ1) is 16.5. The van der Waals surface area contributed by atoms with E-state index in [-0.39, 0.29) is 6.04 Å². The average Bonchev–Trinajstić information content (AvgIpc) is 3.05. The van der Waals surface area contributed by atoms with Crippen LogP contribution in [0.25, 0.3) is 10.9 Å². The van der Waals surface area contributed by atoms with Crippen LogP contribution in [-0.4, -0.2) is 36.3 Å². The molecule has 3 N–H and O–H groups in total. The molecular formula is C20H20N2O4. The number of para-hydroxylation sites is 1. The van der Waals surface area contributed by atoms with Gasteiger partial charge in [0, 0.05) is 28.6 Å². The van der Waals surface area contributed by atoms with Gasteiger partial charge in [-0.2, -0.15) is 0 Å². The molecule has 4 rings (SSSR count). The number of benzene rings is 2. The van der Waals surface area contributed by atoms with Crippen molar-refractivity contribution in [1.82, 2.24) is 10.3 Å². The Morgan fingerprint density at radius 2 is 1.96 bits per heavy atom. The summed E-state index contributed by atoms with van der Waals surface area (Å²) < 4.78 is 10.9. The molecule has 2 atom stereocenters. The molecule has 2 aromatic carbocycles. The Morgan fingerprint density at radius 1 is 1.15 bits per heavy atom. The number of carbonyl (C=O) groups is 1. The molecular weight excluding hydrogens is 332 g/mol. The molecule has 0 aliphatic carbocycles. The number of carboxylic acid groups (broad SMARTS) is 1. The van der Waals surface area contributed by atoms with Crippen LogP contribution >= 0.6 is 0 Å². The summed E-state index contributed by atoms with van der Waals surface area (Å²) in [5.41, 5.74) is 3.83. The van der Waals surface area contributed by atoms with Crippen LogP contribution in [0.15, 0.2) is 42.5 Å². The molecule has 3 aromatic rings. The van der Waals surface area contributed by atoms with Gasteiger partial charge in [0.1, 0.15) is 17.5 Å². The molecule has 0 amide bonds. The fraction of sp³-hybridized carbons (Fsp3) is 0.250. The molecule has 6 nitrogen and oxygen atoms in total. The molecule has 134 valence electrons. The summed E-state index contributed by atoms with van der Waals surface area (Å²) in [4.78, 5) is 15.2. The van der Waals surface area contributed by atoms with E-state index >= 15 is 0 Å². The highest BCUT2D eigenvalue weighted by Crippen LogP contribution is 2.39. The van der Waals surface area contributed by atoms with E-state index in [4.69, 9.17) is 9.47 Å². The zero-order valence-corrected chi connectivity index (χ0v) is 14.6. The standard InChI is InChI=1S/C20H20N2O4/c1-25-11-7-8-17(26-2)14(9-11)19-18-13(10-16(22-19)20(23)24)12-5-3-4-6-15(12)21-18/h3-9,16,19,21-22H,10H2,1-2H3,(H,23,24). The predicted octanol–water partition coefficient (Wildman–Crippen LogP) is 2.87. The minimum absolute atomic E-state index is 0.336. The summed E-state index contributed by atoms with van der Waals surface area (Å²) in [6.45, 7) is 0. The molecule has 2 heterocycles. The van der Waals surface area contributed by atoms with Gasteiger partial charge in [0.05, 0.1) is 20.3 Å². The van der Waals surface area contributed by atoms with Crippen molar-refractivity contribution in [2.24, 2.45) is 0 Å². The van der Waals surface area contributed by atoms with Crippen LogP contribution in [0.3, 0.4) is 0 Å². The van der Waals surface area contributed by atoms with Crippen molar-refractivity contribution in [3.8, 4) is 11.5 Å². The lowest BCUT2D eigenvalue weighted by Crippen LogP contribution is -2.45. The van der Waals surface area contributed by atoms with Crippen molar-refractivity contribution in [1.29, 1.82) is 0 Å². The monoisotopic (exact) mass is 352 g/mol. The first-order valence-corrected chi connectivity index (χ1v) is 8.42. The van der Waals surface area contributed by atoms with Crippen LogP contribution in [-0.2, 0) is 11.2 Å². The maximum atomic E-state index is 11.7. The van der Waals surface area contributed by atoms with E-state index < -0.39 is 12.0 Å². The third kappa shape index (κ3) is 2.59. The van der Waals surface area contributed by atoms with E-state index in [1.165, 1.54) is 0 Å². The van der Waals surface area contributed by atoms with Crippen LogP contribution in [0, 0.1) is 0 Å². The van der Waals surface area contributed by atoms with Crippen molar-refractivity contribution in [3.63, 3.8) is 0 Å². The molecule has 0 fully saturated rings. The molecule has 2 unspecified atom stereocenters. The quantitative estimate of drug-likeness (QED) is 0.672. The normalized spacial score (nSPS) is 19.2. The molecule has 0 radical (unpaired) electrons. The second-order valence-corrected chi connectivity index (χ2v) is 6.37. The average molecular weight is 352 g/mol. The van der Waals surface area contributed by atoms with Gasteiger partial charge in [-0.3, -0.25) is 10.1 Å². The highest BCUT2D eigenvalue weighted by atomic mass is 16.5. The van der Waals surface area contributed by atoms with Gasteiger partial charge >= 0.3 is 5.97 Å². The van der Waals surface area contributed by atoms with Gasteiger partial charge in [0.2, 0.25) is 0 Å². The summed E-state index contributed by atoms with van der Waals surface area (Å²) in [7, 11) is 3.21. The van der Waals surface area contributed by atoms with E-state index in [9.17, 15) is 9.90 Å². The second kappa shape index (κ2) is 6.38. The number of H-pyrrole nitrogens is 1. The molecule has 1 aromatic heterocycles. The highest BCUT2D eigenvalue weighted by Gasteiger charge is 2.35. The van der Waals surface area contributed by atoms with E-state index in [0.717, 1.165) is 27.7 Å². The third-order valence-electron chi connectivity index (χ3n) is 4.96. The van der Waals surface area contributed by atoms with Crippen molar-refractivity contribution < 1.29 is 19.4 Å². The Bertz CT molecular complexity index is 979. The number of hydrogen-bond acceptors (Lipinski definition) is 4. The number of rotatable bonds is 4. The van der Waals surface area contributed by atoms with Crippen molar-refractivity contribution in [2.45, 2.75) is 18.5 Å². The number of aromatic nitrogens is 1. The number of aromatic amines is 1. The fourth-order valence-electron chi connectivity index (χ4n) is 3.70. The lowest BCUT2D eigenvalue weighted by atomic mass is 9.90. The number of hydrogen-bond donors (Lipinski definition) is 3. The topological polar surface area (TPSA) is 83.6 Å². The molecule has 0 bridgehead atoms. The summed E-state index contributed by atoms with van der Waals surface area (Å²) in [6, 6.07) is 12.5. The van der Waals surface area contributed by atoms with Crippen molar-refractivity contribution in [2.75, 3.05) is 14.2 Å². The molecule has 0 saturated heterocycles. The van der Waals surface area contributed by atoms with Gasteiger partial charge in [0.25, 0.3) is 0 Å². The zero-order chi connectivity index (χ0) is 18.3. The summed E-state index contributed by atoms with van der Waals surface area (Å²) in [5, 5.41) is 13.9. The number of aliphatic carboxylic acids is 1. The van der Waals surface area contributed by atoms with Crippen LogP contribution in [0.1, 0.15) is 22.9 Å².